The minimum absolute atomic E-state index is 0.0377. The van der Waals surface area contributed by atoms with Gasteiger partial charge in [-0.15, -0.1) is 0 Å². The number of benzene rings is 1. The van der Waals surface area contributed by atoms with Crippen molar-refractivity contribution in [2.75, 3.05) is 6.54 Å². The molecule has 1 amide bonds. The molecular weight excluding hydrogens is 290 g/mol. The van der Waals surface area contributed by atoms with Gasteiger partial charge in [-0.1, -0.05) is 30.3 Å². The van der Waals surface area contributed by atoms with Gasteiger partial charge in [0.05, 0.1) is 11.8 Å². The molecule has 0 heterocycles. The molecule has 1 aromatic rings. The number of nitrogens with one attached hydrogen (secondary N) is 1. The summed E-state index contributed by atoms with van der Waals surface area (Å²) in [4.78, 5) is 23.9. The first kappa shape index (κ1) is 16.0. The van der Waals surface area contributed by atoms with Crippen LogP contribution >= 0.6 is 0 Å². The van der Waals surface area contributed by atoms with E-state index in [1.54, 1.807) is 0 Å². The maximum absolute atomic E-state index is 12.4. The molecule has 0 spiro atoms. The van der Waals surface area contributed by atoms with Crippen molar-refractivity contribution in [3.8, 4) is 0 Å². The molecule has 124 valence electrons. The predicted molar refractivity (Wildman–Crippen MR) is 87.8 cm³/mol. The first-order valence-corrected chi connectivity index (χ1v) is 8.71. The van der Waals surface area contributed by atoms with Gasteiger partial charge in [-0.25, -0.2) is 0 Å². The third-order valence-corrected chi connectivity index (χ3v) is 5.54. The Bertz CT molecular complexity index is 557. The van der Waals surface area contributed by atoms with Crippen molar-refractivity contribution < 1.29 is 14.7 Å². The highest BCUT2D eigenvalue weighted by molar-refractivity contribution is 5.86. The number of carbonyl (C=O) groups excluding carboxylic acids is 1. The van der Waals surface area contributed by atoms with Gasteiger partial charge < -0.3 is 10.4 Å². The van der Waals surface area contributed by atoms with Gasteiger partial charge in [0, 0.05) is 6.54 Å². The zero-order valence-corrected chi connectivity index (χ0v) is 13.4. The van der Waals surface area contributed by atoms with Crippen molar-refractivity contribution in [2.24, 2.45) is 23.7 Å². The van der Waals surface area contributed by atoms with Gasteiger partial charge in [0.2, 0.25) is 5.91 Å². The molecule has 2 bridgehead atoms. The van der Waals surface area contributed by atoms with E-state index in [1.165, 1.54) is 5.56 Å². The van der Waals surface area contributed by atoms with Gasteiger partial charge in [-0.05, 0) is 55.9 Å². The summed E-state index contributed by atoms with van der Waals surface area (Å²) in [6.07, 6.45) is 5.89. The first-order valence-electron chi connectivity index (χ1n) is 8.71. The second kappa shape index (κ2) is 7.16. The van der Waals surface area contributed by atoms with E-state index in [0.717, 1.165) is 38.5 Å². The number of rotatable bonds is 7. The molecule has 0 unspecified atom stereocenters. The van der Waals surface area contributed by atoms with E-state index in [1.807, 2.05) is 18.2 Å². The first-order chi connectivity index (χ1) is 11.2. The van der Waals surface area contributed by atoms with Crippen LogP contribution in [0.15, 0.2) is 30.3 Å². The molecule has 4 atom stereocenters. The third kappa shape index (κ3) is 3.57. The second-order valence-corrected chi connectivity index (χ2v) is 6.96. The van der Waals surface area contributed by atoms with Crippen molar-refractivity contribution in [1.29, 1.82) is 0 Å². The fraction of sp³-hybridized carbons (Fsp3) is 0.579. The van der Waals surface area contributed by atoms with E-state index >= 15 is 0 Å². The number of unbranched alkanes of at least 4 members (excludes halogenated alkanes) is 1. The summed E-state index contributed by atoms with van der Waals surface area (Å²) in [7, 11) is 0. The SMILES string of the molecule is O=C(O)[C@H]1[C@@H]2CC[C@@H](C2)[C@@H]1C(=O)NCCCCc1ccccc1. The largest absolute Gasteiger partial charge is 0.481 e. The molecule has 2 fully saturated rings. The summed E-state index contributed by atoms with van der Waals surface area (Å²) in [6, 6.07) is 10.3. The average Bonchev–Trinajstić information content (AvgIpc) is 3.16. The van der Waals surface area contributed by atoms with Crippen molar-refractivity contribution in [3.05, 3.63) is 35.9 Å². The quantitative estimate of drug-likeness (QED) is 0.760. The molecule has 0 aliphatic heterocycles. The van der Waals surface area contributed by atoms with Crippen LogP contribution in [0.25, 0.3) is 0 Å². The maximum Gasteiger partial charge on any atom is 0.307 e. The summed E-state index contributed by atoms with van der Waals surface area (Å²) in [5, 5.41) is 12.4. The topological polar surface area (TPSA) is 66.4 Å². The zero-order chi connectivity index (χ0) is 16.2. The zero-order valence-electron chi connectivity index (χ0n) is 13.4. The van der Waals surface area contributed by atoms with Gasteiger partial charge in [0.1, 0.15) is 0 Å². The highest BCUT2D eigenvalue weighted by atomic mass is 16.4. The van der Waals surface area contributed by atoms with Crippen LogP contribution in [0.2, 0.25) is 0 Å². The minimum atomic E-state index is -0.790. The number of hydrogen-bond donors (Lipinski definition) is 2. The predicted octanol–water partition coefficient (Wildman–Crippen LogP) is 2.87. The molecule has 4 nitrogen and oxygen atoms in total. The highest BCUT2D eigenvalue weighted by Crippen LogP contribution is 2.52. The molecule has 0 saturated heterocycles. The molecule has 2 aliphatic carbocycles. The van der Waals surface area contributed by atoms with E-state index in [-0.39, 0.29) is 23.7 Å². The second-order valence-electron chi connectivity index (χ2n) is 6.96. The van der Waals surface area contributed by atoms with Crippen molar-refractivity contribution in [1.82, 2.24) is 5.32 Å². The average molecular weight is 315 g/mol. The van der Waals surface area contributed by atoms with Crippen LogP contribution in [0.5, 0.6) is 0 Å². The molecule has 23 heavy (non-hydrogen) atoms. The van der Waals surface area contributed by atoms with Crippen LogP contribution in [0.1, 0.15) is 37.7 Å². The van der Waals surface area contributed by atoms with E-state index in [9.17, 15) is 14.7 Å². The Kier molecular flexibility index (Phi) is 4.99. The number of carbonyl (C=O) groups is 2. The standard InChI is InChI=1S/C19H25NO3/c21-18(16-14-9-10-15(12-14)17(16)19(22)23)20-11-5-4-8-13-6-2-1-3-7-13/h1-3,6-7,14-17H,4-5,8-12H2,(H,20,21)(H,22,23)/t14-,15+,16-,17-/m0/s1. The van der Waals surface area contributed by atoms with E-state index in [0.29, 0.717) is 6.54 Å². The van der Waals surface area contributed by atoms with E-state index < -0.39 is 11.9 Å². The Labute approximate surface area is 137 Å². The van der Waals surface area contributed by atoms with E-state index in [2.05, 4.69) is 17.4 Å². The van der Waals surface area contributed by atoms with Crippen LogP contribution in [-0.4, -0.2) is 23.5 Å². The van der Waals surface area contributed by atoms with Crippen LogP contribution in [0.3, 0.4) is 0 Å². The lowest BCUT2D eigenvalue weighted by Crippen LogP contribution is -2.41. The fourth-order valence-electron chi connectivity index (χ4n) is 4.45. The molecule has 3 rings (SSSR count). The maximum atomic E-state index is 12.4. The van der Waals surface area contributed by atoms with Gasteiger partial charge >= 0.3 is 5.97 Å². The lowest BCUT2D eigenvalue weighted by Gasteiger charge is -2.27. The Morgan fingerprint density at radius 2 is 1.74 bits per heavy atom. The summed E-state index contributed by atoms with van der Waals surface area (Å²) in [5.41, 5.74) is 1.32. The highest BCUT2D eigenvalue weighted by Gasteiger charge is 2.53. The normalized spacial score (nSPS) is 28.7. The lowest BCUT2D eigenvalue weighted by molar-refractivity contribution is -0.149. The fourth-order valence-corrected chi connectivity index (χ4v) is 4.45. The molecule has 2 saturated carbocycles. The monoisotopic (exact) mass is 315 g/mol. The smallest absolute Gasteiger partial charge is 0.307 e. The number of aryl methyl sites for hydroxylation is 1. The number of aliphatic carboxylic acids is 1. The summed E-state index contributed by atoms with van der Waals surface area (Å²) >= 11 is 0. The Morgan fingerprint density at radius 3 is 2.43 bits per heavy atom. The van der Waals surface area contributed by atoms with Crippen LogP contribution < -0.4 is 5.32 Å². The molecule has 1 aromatic carbocycles. The van der Waals surface area contributed by atoms with Crippen molar-refractivity contribution in [2.45, 2.75) is 38.5 Å². The molecule has 4 heteroatoms. The van der Waals surface area contributed by atoms with E-state index in [4.69, 9.17) is 0 Å². The molecular formula is C19H25NO3. The number of fused-ring (bicyclic) bond motifs is 2. The van der Waals surface area contributed by atoms with Gasteiger partial charge in [-0.3, -0.25) is 9.59 Å². The molecule has 2 N–H and O–H groups in total. The third-order valence-electron chi connectivity index (χ3n) is 5.54. The van der Waals surface area contributed by atoms with Crippen LogP contribution in [0.4, 0.5) is 0 Å². The number of carboxylic acids is 1. The van der Waals surface area contributed by atoms with Crippen LogP contribution in [0, 0.1) is 23.7 Å². The molecule has 2 aliphatic rings. The number of amides is 1. The molecule has 0 radical (unpaired) electrons. The Morgan fingerprint density at radius 1 is 1.04 bits per heavy atom. The van der Waals surface area contributed by atoms with Crippen molar-refractivity contribution >= 4 is 11.9 Å². The Balaban J connectivity index is 1.42. The number of hydrogen-bond acceptors (Lipinski definition) is 2. The van der Waals surface area contributed by atoms with Gasteiger partial charge in [0.25, 0.3) is 0 Å². The van der Waals surface area contributed by atoms with Crippen molar-refractivity contribution in [3.63, 3.8) is 0 Å². The summed E-state index contributed by atoms with van der Waals surface area (Å²) < 4.78 is 0. The Hall–Kier alpha value is -1.84. The van der Waals surface area contributed by atoms with Gasteiger partial charge in [-0.2, -0.15) is 0 Å². The molecule has 0 aromatic heterocycles. The van der Waals surface area contributed by atoms with Gasteiger partial charge in [0.15, 0.2) is 0 Å². The lowest BCUT2D eigenvalue weighted by atomic mass is 9.78. The summed E-state index contributed by atoms with van der Waals surface area (Å²) in [6.45, 7) is 0.645. The van der Waals surface area contributed by atoms with Crippen LogP contribution in [-0.2, 0) is 16.0 Å². The number of carboxylic acid groups (broad SMARTS) is 1. The minimum Gasteiger partial charge on any atom is -0.481 e. The summed E-state index contributed by atoms with van der Waals surface area (Å²) in [5.74, 6) is -1.10.